The van der Waals surface area contributed by atoms with E-state index < -0.39 is 11.8 Å². The van der Waals surface area contributed by atoms with Crippen LogP contribution in [0.3, 0.4) is 0 Å². The van der Waals surface area contributed by atoms with Crippen molar-refractivity contribution in [3.05, 3.63) is 35.9 Å². The Balaban J connectivity index is 2.23. The molecule has 0 spiro atoms. The largest absolute Gasteiger partial charge is 0.393 e. The number of benzene rings is 1. The summed E-state index contributed by atoms with van der Waals surface area (Å²) in [5.74, 6) is 0. The molecule has 1 heterocycles. The van der Waals surface area contributed by atoms with E-state index in [1.165, 1.54) is 0 Å². The minimum atomic E-state index is -1.06. The van der Waals surface area contributed by atoms with Gasteiger partial charge in [0.1, 0.15) is 5.72 Å². The van der Waals surface area contributed by atoms with Gasteiger partial charge in [0.2, 0.25) is 0 Å². The summed E-state index contributed by atoms with van der Waals surface area (Å²) >= 11 is 0. The molecule has 3 N–H and O–H groups in total. The fourth-order valence-corrected chi connectivity index (χ4v) is 1.89. The number of piperidine rings is 1. The highest BCUT2D eigenvalue weighted by Gasteiger charge is 2.34. The standard InChI is InChI=1S/C11H15NO2/c13-10-6-7-12-11(14,8-10)9-4-2-1-3-5-9/h1-5,10,12-14H,6-8H2. The van der Waals surface area contributed by atoms with Crippen LogP contribution in [-0.4, -0.2) is 22.9 Å². The predicted molar refractivity (Wildman–Crippen MR) is 53.6 cm³/mol. The smallest absolute Gasteiger partial charge is 0.144 e. The Morgan fingerprint density at radius 1 is 1.29 bits per heavy atom. The second kappa shape index (κ2) is 3.69. The molecular formula is C11H15NO2. The highest BCUT2D eigenvalue weighted by atomic mass is 16.3. The molecule has 0 aromatic heterocycles. The van der Waals surface area contributed by atoms with Crippen LogP contribution in [0.25, 0.3) is 0 Å². The second-order valence-corrected chi connectivity index (χ2v) is 3.80. The van der Waals surface area contributed by atoms with Crippen molar-refractivity contribution in [1.29, 1.82) is 0 Å². The number of aliphatic hydroxyl groups excluding tert-OH is 1. The first kappa shape index (κ1) is 9.65. The maximum Gasteiger partial charge on any atom is 0.144 e. The molecule has 3 heteroatoms. The maximum absolute atomic E-state index is 10.2. The van der Waals surface area contributed by atoms with E-state index >= 15 is 0 Å². The molecule has 0 saturated carbocycles. The van der Waals surface area contributed by atoms with Gasteiger partial charge in [0, 0.05) is 13.0 Å². The molecule has 14 heavy (non-hydrogen) atoms. The van der Waals surface area contributed by atoms with Crippen LogP contribution in [0.2, 0.25) is 0 Å². The van der Waals surface area contributed by atoms with E-state index in [1.807, 2.05) is 30.3 Å². The summed E-state index contributed by atoms with van der Waals surface area (Å²) in [5, 5.41) is 22.8. The van der Waals surface area contributed by atoms with Crippen molar-refractivity contribution in [2.45, 2.75) is 24.7 Å². The van der Waals surface area contributed by atoms with Gasteiger partial charge >= 0.3 is 0 Å². The first-order valence-corrected chi connectivity index (χ1v) is 4.92. The average Bonchev–Trinajstić information content (AvgIpc) is 2.19. The van der Waals surface area contributed by atoms with Crippen molar-refractivity contribution in [3.63, 3.8) is 0 Å². The summed E-state index contributed by atoms with van der Waals surface area (Å²) in [6, 6.07) is 9.41. The molecular weight excluding hydrogens is 178 g/mol. The summed E-state index contributed by atoms with van der Waals surface area (Å²) in [6.45, 7) is 0.645. The summed E-state index contributed by atoms with van der Waals surface area (Å²) in [4.78, 5) is 0. The molecule has 0 radical (unpaired) electrons. The zero-order valence-corrected chi connectivity index (χ0v) is 7.98. The van der Waals surface area contributed by atoms with Crippen molar-refractivity contribution >= 4 is 0 Å². The Morgan fingerprint density at radius 2 is 2.00 bits per heavy atom. The van der Waals surface area contributed by atoms with Crippen LogP contribution in [-0.2, 0) is 5.72 Å². The molecule has 2 unspecified atom stereocenters. The molecule has 1 aromatic rings. The van der Waals surface area contributed by atoms with Crippen molar-refractivity contribution in [3.8, 4) is 0 Å². The summed E-state index contributed by atoms with van der Waals surface area (Å²) in [6.07, 6.45) is 0.646. The molecule has 1 fully saturated rings. The van der Waals surface area contributed by atoms with Crippen molar-refractivity contribution in [2.75, 3.05) is 6.54 Å². The van der Waals surface area contributed by atoms with Gasteiger partial charge in [-0.3, -0.25) is 5.32 Å². The van der Waals surface area contributed by atoms with E-state index in [4.69, 9.17) is 0 Å². The molecule has 1 aliphatic rings. The van der Waals surface area contributed by atoms with E-state index in [-0.39, 0.29) is 0 Å². The van der Waals surface area contributed by atoms with Crippen molar-refractivity contribution < 1.29 is 10.2 Å². The molecule has 0 aliphatic carbocycles. The molecule has 2 atom stereocenters. The van der Waals surface area contributed by atoms with Gasteiger partial charge in [-0.2, -0.15) is 0 Å². The Bertz CT molecular complexity index is 301. The van der Waals surface area contributed by atoms with Gasteiger partial charge in [-0.1, -0.05) is 30.3 Å². The van der Waals surface area contributed by atoms with Crippen LogP contribution < -0.4 is 5.32 Å². The number of aliphatic hydroxyl groups is 2. The first-order valence-electron chi connectivity index (χ1n) is 4.92. The SMILES string of the molecule is OC1CCNC(O)(c2ccccc2)C1. The van der Waals surface area contributed by atoms with Gasteiger partial charge < -0.3 is 10.2 Å². The van der Waals surface area contributed by atoms with Crippen LogP contribution in [0.5, 0.6) is 0 Å². The lowest BCUT2D eigenvalue weighted by molar-refractivity contribution is -0.0676. The molecule has 1 aliphatic heterocycles. The van der Waals surface area contributed by atoms with Crippen LogP contribution in [0.1, 0.15) is 18.4 Å². The van der Waals surface area contributed by atoms with Crippen molar-refractivity contribution in [1.82, 2.24) is 5.32 Å². The second-order valence-electron chi connectivity index (χ2n) is 3.80. The predicted octanol–water partition coefficient (Wildman–Crippen LogP) is 0.576. The monoisotopic (exact) mass is 193 g/mol. The van der Waals surface area contributed by atoms with Gasteiger partial charge in [-0.05, 0) is 12.0 Å². The lowest BCUT2D eigenvalue weighted by Gasteiger charge is -2.36. The summed E-state index contributed by atoms with van der Waals surface area (Å²) in [7, 11) is 0. The Labute approximate surface area is 83.4 Å². The van der Waals surface area contributed by atoms with Gasteiger partial charge in [-0.15, -0.1) is 0 Å². The fourth-order valence-electron chi connectivity index (χ4n) is 1.89. The van der Waals surface area contributed by atoms with E-state index in [1.54, 1.807) is 0 Å². The van der Waals surface area contributed by atoms with E-state index in [0.29, 0.717) is 19.4 Å². The quantitative estimate of drug-likeness (QED) is 0.611. The van der Waals surface area contributed by atoms with Crippen molar-refractivity contribution in [2.24, 2.45) is 0 Å². The van der Waals surface area contributed by atoms with E-state index in [2.05, 4.69) is 5.32 Å². The molecule has 1 aromatic carbocycles. The van der Waals surface area contributed by atoms with Gasteiger partial charge in [0.05, 0.1) is 6.10 Å². The lowest BCUT2D eigenvalue weighted by Crippen LogP contribution is -2.50. The van der Waals surface area contributed by atoms with E-state index in [9.17, 15) is 10.2 Å². The van der Waals surface area contributed by atoms with Crippen LogP contribution in [0.4, 0.5) is 0 Å². The number of hydrogen-bond acceptors (Lipinski definition) is 3. The van der Waals surface area contributed by atoms with Crippen LogP contribution >= 0.6 is 0 Å². The molecule has 1 saturated heterocycles. The van der Waals surface area contributed by atoms with Gasteiger partial charge in [0.15, 0.2) is 0 Å². The summed E-state index contributed by atoms with van der Waals surface area (Å²) < 4.78 is 0. The number of nitrogens with one attached hydrogen (secondary N) is 1. The third kappa shape index (κ3) is 1.80. The third-order valence-corrected chi connectivity index (χ3v) is 2.68. The van der Waals surface area contributed by atoms with Gasteiger partial charge in [-0.25, -0.2) is 0 Å². The van der Waals surface area contributed by atoms with Gasteiger partial charge in [0.25, 0.3) is 0 Å². The Kier molecular flexibility index (Phi) is 2.54. The maximum atomic E-state index is 10.2. The highest BCUT2D eigenvalue weighted by Crippen LogP contribution is 2.27. The Hall–Kier alpha value is -0.900. The minimum absolute atomic E-state index is 0.358. The average molecular weight is 193 g/mol. The number of hydrogen-bond donors (Lipinski definition) is 3. The van der Waals surface area contributed by atoms with Crippen LogP contribution in [0, 0.1) is 0 Å². The van der Waals surface area contributed by atoms with E-state index in [0.717, 1.165) is 5.56 Å². The highest BCUT2D eigenvalue weighted by molar-refractivity contribution is 5.22. The first-order chi connectivity index (χ1) is 6.71. The minimum Gasteiger partial charge on any atom is -0.393 e. The molecule has 76 valence electrons. The normalized spacial score (nSPS) is 32.9. The molecule has 0 bridgehead atoms. The lowest BCUT2D eigenvalue weighted by atomic mass is 9.92. The fraction of sp³-hybridized carbons (Fsp3) is 0.455. The third-order valence-electron chi connectivity index (χ3n) is 2.68. The topological polar surface area (TPSA) is 52.5 Å². The Morgan fingerprint density at radius 3 is 2.64 bits per heavy atom. The zero-order chi connectivity index (χ0) is 10.0. The molecule has 0 amide bonds. The summed E-state index contributed by atoms with van der Waals surface area (Å²) in [5.41, 5.74) is -0.238. The molecule has 2 rings (SSSR count). The van der Waals surface area contributed by atoms with Crippen LogP contribution in [0.15, 0.2) is 30.3 Å². The number of rotatable bonds is 1. The zero-order valence-electron chi connectivity index (χ0n) is 7.98. The molecule has 3 nitrogen and oxygen atoms in total.